The van der Waals surface area contributed by atoms with Crippen LogP contribution >= 0.6 is 24.0 Å². The van der Waals surface area contributed by atoms with E-state index < -0.39 is 0 Å². The molecule has 7 nitrogen and oxygen atoms in total. The van der Waals surface area contributed by atoms with Crippen LogP contribution in [0.2, 0.25) is 0 Å². The number of hydrogen-bond donors (Lipinski definition) is 1. The summed E-state index contributed by atoms with van der Waals surface area (Å²) in [7, 11) is 0. The van der Waals surface area contributed by atoms with Crippen LogP contribution in [-0.2, 0) is 6.54 Å². The summed E-state index contributed by atoms with van der Waals surface area (Å²) in [5.74, 6) is 3.44. The van der Waals surface area contributed by atoms with Gasteiger partial charge in [-0.2, -0.15) is 0 Å². The first-order chi connectivity index (χ1) is 14.3. The molecule has 3 heterocycles. The van der Waals surface area contributed by atoms with Gasteiger partial charge in [0.15, 0.2) is 5.96 Å². The van der Waals surface area contributed by atoms with Gasteiger partial charge >= 0.3 is 0 Å². The first-order valence-corrected chi connectivity index (χ1v) is 10.6. The second-order valence-corrected chi connectivity index (χ2v) is 7.59. The maximum Gasteiger partial charge on any atom is 0.213 e. The number of guanidine groups is 1. The number of hydrogen-bond acceptors (Lipinski definition) is 5. The summed E-state index contributed by atoms with van der Waals surface area (Å²) >= 11 is 0. The van der Waals surface area contributed by atoms with Gasteiger partial charge in [-0.15, -0.1) is 24.0 Å². The molecule has 1 N–H and O–H groups in total. The lowest BCUT2D eigenvalue weighted by Gasteiger charge is -2.37. The molecule has 0 atom stereocenters. The second-order valence-electron chi connectivity index (χ2n) is 7.59. The molecule has 162 valence electrons. The number of rotatable bonds is 7. The third-order valence-electron chi connectivity index (χ3n) is 5.26. The summed E-state index contributed by atoms with van der Waals surface area (Å²) < 4.78 is 5.80. The van der Waals surface area contributed by atoms with E-state index in [1.54, 1.807) is 0 Å². The molecule has 2 aromatic heterocycles. The molecule has 0 aromatic carbocycles. The zero-order valence-corrected chi connectivity index (χ0v) is 19.9. The highest BCUT2D eigenvalue weighted by atomic mass is 127. The molecule has 0 bridgehead atoms. The molecule has 4 rings (SSSR count). The SMILES string of the molecule is CCNC(=NCc1ccnc(OCC2CC2)c1)N1CCN(c2ccccn2)CC1.I. The van der Waals surface area contributed by atoms with Crippen LogP contribution in [-0.4, -0.2) is 60.2 Å². The predicted octanol–water partition coefficient (Wildman–Crippen LogP) is 3.17. The van der Waals surface area contributed by atoms with Gasteiger partial charge in [-0.3, -0.25) is 0 Å². The van der Waals surface area contributed by atoms with Crippen LogP contribution < -0.4 is 15.0 Å². The van der Waals surface area contributed by atoms with Crippen molar-refractivity contribution in [3.8, 4) is 5.88 Å². The number of nitrogens with zero attached hydrogens (tertiary/aromatic N) is 5. The molecular weight excluding hydrogens is 491 g/mol. The first-order valence-electron chi connectivity index (χ1n) is 10.6. The van der Waals surface area contributed by atoms with Gasteiger partial charge in [0.05, 0.1) is 13.2 Å². The average molecular weight is 522 g/mol. The molecule has 8 heteroatoms. The Bertz CT molecular complexity index is 806. The van der Waals surface area contributed by atoms with E-state index in [2.05, 4.69) is 38.1 Å². The van der Waals surface area contributed by atoms with E-state index in [1.807, 2.05) is 36.7 Å². The molecule has 0 unspecified atom stereocenters. The lowest BCUT2D eigenvalue weighted by Crippen LogP contribution is -2.52. The molecule has 0 radical (unpaired) electrons. The van der Waals surface area contributed by atoms with E-state index >= 15 is 0 Å². The highest BCUT2D eigenvalue weighted by molar-refractivity contribution is 14.0. The van der Waals surface area contributed by atoms with Gasteiger partial charge < -0.3 is 19.9 Å². The average Bonchev–Trinajstić information content (AvgIpc) is 3.61. The monoisotopic (exact) mass is 522 g/mol. The standard InChI is InChI=1S/C22H30N6O.HI/c1-2-23-22(28-13-11-27(12-14-28)20-5-3-4-9-24-20)26-16-19-8-10-25-21(15-19)29-17-18-6-7-18;/h3-5,8-10,15,18H,2,6-7,11-14,16-17H2,1H3,(H,23,26);1H. The van der Waals surface area contributed by atoms with Gasteiger partial charge in [0, 0.05) is 51.2 Å². The van der Waals surface area contributed by atoms with Crippen molar-refractivity contribution in [2.24, 2.45) is 10.9 Å². The van der Waals surface area contributed by atoms with Gasteiger partial charge in [0.2, 0.25) is 5.88 Å². The van der Waals surface area contributed by atoms with E-state index in [9.17, 15) is 0 Å². The Hall–Kier alpha value is -2.10. The number of anilines is 1. The zero-order valence-electron chi connectivity index (χ0n) is 17.5. The Kier molecular flexibility index (Phi) is 8.53. The van der Waals surface area contributed by atoms with Crippen molar-refractivity contribution in [1.82, 2.24) is 20.2 Å². The first kappa shape index (κ1) is 22.6. The van der Waals surface area contributed by atoms with Crippen LogP contribution in [0.4, 0.5) is 5.82 Å². The molecule has 2 aliphatic rings. The fraction of sp³-hybridized carbons (Fsp3) is 0.500. The van der Waals surface area contributed by atoms with Gasteiger partial charge in [-0.1, -0.05) is 6.07 Å². The lowest BCUT2D eigenvalue weighted by atomic mass is 10.2. The summed E-state index contributed by atoms with van der Waals surface area (Å²) in [6.07, 6.45) is 6.23. The Morgan fingerprint density at radius 3 is 2.67 bits per heavy atom. The van der Waals surface area contributed by atoms with Crippen LogP contribution in [0.5, 0.6) is 5.88 Å². The number of nitrogens with one attached hydrogen (secondary N) is 1. The van der Waals surface area contributed by atoms with Crippen LogP contribution in [0.25, 0.3) is 0 Å². The van der Waals surface area contributed by atoms with Crippen LogP contribution in [0.15, 0.2) is 47.7 Å². The molecule has 1 saturated heterocycles. The largest absolute Gasteiger partial charge is 0.477 e. The summed E-state index contributed by atoms with van der Waals surface area (Å²) in [6, 6.07) is 10.1. The number of halogens is 1. The number of ether oxygens (including phenoxy) is 1. The maximum atomic E-state index is 5.80. The fourth-order valence-electron chi connectivity index (χ4n) is 3.40. The van der Waals surface area contributed by atoms with Gasteiger partial charge in [0.1, 0.15) is 5.82 Å². The van der Waals surface area contributed by atoms with E-state index in [4.69, 9.17) is 9.73 Å². The molecule has 0 spiro atoms. The minimum atomic E-state index is 0. The summed E-state index contributed by atoms with van der Waals surface area (Å²) in [4.78, 5) is 18.3. The Balaban J connectivity index is 0.00000256. The molecule has 0 amide bonds. The minimum absolute atomic E-state index is 0. The van der Waals surface area contributed by atoms with Crippen molar-refractivity contribution in [2.75, 3.05) is 44.2 Å². The summed E-state index contributed by atoms with van der Waals surface area (Å²) in [5, 5.41) is 3.44. The van der Waals surface area contributed by atoms with Crippen LogP contribution in [0, 0.1) is 5.92 Å². The van der Waals surface area contributed by atoms with Crippen molar-refractivity contribution < 1.29 is 4.74 Å². The lowest BCUT2D eigenvalue weighted by molar-refractivity contribution is 0.288. The van der Waals surface area contributed by atoms with Gasteiger partial charge in [-0.05, 0) is 49.4 Å². The Morgan fingerprint density at radius 1 is 1.13 bits per heavy atom. The number of pyridine rings is 2. The third kappa shape index (κ3) is 6.45. The van der Waals surface area contributed by atoms with Crippen molar-refractivity contribution >= 4 is 35.8 Å². The van der Waals surface area contributed by atoms with Crippen molar-refractivity contribution in [2.45, 2.75) is 26.3 Å². The predicted molar refractivity (Wildman–Crippen MR) is 131 cm³/mol. The van der Waals surface area contributed by atoms with Crippen LogP contribution in [0.1, 0.15) is 25.3 Å². The van der Waals surface area contributed by atoms with Crippen molar-refractivity contribution in [1.29, 1.82) is 0 Å². The van der Waals surface area contributed by atoms with E-state index in [-0.39, 0.29) is 24.0 Å². The van der Waals surface area contributed by atoms with E-state index in [0.29, 0.717) is 12.4 Å². The smallest absolute Gasteiger partial charge is 0.213 e. The molecule has 1 aliphatic heterocycles. The van der Waals surface area contributed by atoms with Crippen molar-refractivity contribution in [3.05, 3.63) is 48.3 Å². The van der Waals surface area contributed by atoms with Gasteiger partial charge in [0.25, 0.3) is 0 Å². The Morgan fingerprint density at radius 2 is 1.97 bits per heavy atom. The number of aliphatic imine (C=N–C) groups is 1. The topological polar surface area (TPSA) is 65.9 Å². The quantitative estimate of drug-likeness (QED) is 0.343. The van der Waals surface area contributed by atoms with E-state index in [0.717, 1.165) is 62.6 Å². The molecule has 2 aromatic rings. The Labute approximate surface area is 196 Å². The van der Waals surface area contributed by atoms with Crippen LogP contribution in [0.3, 0.4) is 0 Å². The summed E-state index contributed by atoms with van der Waals surface area (Å²) in [5.41, 5.74) is 1.12. The highest BCUT2D eigenvalue weighted by Crippen LogP contribution is 2.29. The normalized spacial score (nSPS) is 16.8. The summed E-state index contributed by atoms with van der Waals surface area (Å²) in [6.45, 7) is 8.09. The second kappa shape index (κ2) is 11.3. The van der Waals surface area contributed by atoms with Gasteiger partial charge in [-0.25, -0.2) is 15.0 Å². The molecule has 30 heavy (non-hydrogen) atoms. The van der Waals surface area contributed by atoms with Crippen molar-refractivity contribution in [3.63, 3.8) is 0 Å². The maximum absolute atomic E-state index is 5.80. The van der Waals surface area contributed by atoms with E-state index in [1.165, 1.54) is 12.8 Å². The molecule has 1 aliphatic carbocycles. The third-order valence-corrected chi connectivity index (χ3v) is 5.26. The molecular formula is C22H31IN6O. The minimum Gasteiger partial charge on any atom is -0.477 e. The zero-order chi connectivity index (χ0) is 19.9. The molecule has 2 fully saturated rings. The number of piperazine rings is 1. The molecule has 1 saturated carbocycles. The number of aromatic nitrogens is 2. The fourth-order valence-corrected chi connectivity index (χ4v) is 3.40. The highest BCUT2D eigenvalue weighted by Gasteiger charge is 2.22.